The molecule has 1 rings (SSSR count). The van der Waals surface area contributed by atoms with E-state index in [0.717, 1.165) is 0 Å². The van der Waals surface area contributed by atoms with Gasteiger partial charge in [0.05, 0.1) is 0 Å². The smallest absolute Gasteiger partial charge is 0.311 e. The Labute approximate surface area is 129 Å². The van der Waals surface area contributed by atoms with Crippen molar-refractivity contribution in [3.63, 3.8) is 0 Å². The molecule has 0 bridgehead atoms. The van der Waals surface area contributed by atoms with Crippen molar-refractivity contribution in [3.8, 4) is 5.75 Å². The summed E-state index contributed by atoms with van der Waals surface area (Å²) in [5, 5.41) is 0. The van der Waals surface area contributed by atoms with Gasteiger partial charge in [-0.3, -0.25) is 4.79 Å². The van der Waals surface area contributed by atoms with Gasteiger partial charge in [-0.15, -0.1) is 0 Å². The molecule has 0 aliphatic carbocycles. The number of unbranched alkanes of at least 4 members (excludes halogenated alkanes) is 3. The van der Waals surface area contributed by atoms with E-state index in [2.05, 4.69) is 4.74 Å². The molecule has 0 N–H and O–H groups in total. The third-order valence-electron chi connectivity index (χ3n) is 3.05. The number of Topliss-reactive ketones (excluding diaryl/α,β-unsaturated/α-hetero) is 1. The number of hydrogen-bond donors (Lipinski definition) is 0. The molecule has 0 saturated heterocycles. The molecule has 3 nitrogen and oxygen atoms in total. The van der Waals surface area contributed by atoms with Crippen LogP contribution < -0.4 is 4.74 Å². The highest BCUT2D eigenvalue weighted by Gasteiger charge is 2.28. The van der Waals surface area contributed by atoms with E-state index < -0.39 is 40.8 Å². The predicted octanol–water partition coefficient (Wildman–Crippen LogP) is 4.22. The Bertz CT molecular complexity index is 572. The Morgan fingerprint density at radius 1 is 0.739 bits per heavy atom. The van der Waals surface area contributed by atoms with Gasteiger partial charge in [-0.25, -0.2) is 13.2 Å². The van der Waals surface area contributed by atoms with Gasteiger partial charge in [-0.2, -0.15) is 8.78 Å². The molecule has 0 heterocycles. The Hall–Kier alpha value is -1.99. The normalized spacial score (nSPS) is 10.7. The Morgan fingerprint density at radius 2 is 1.17 bits per heavy atom. The summed E-state index contributed by atoms with van der Waals surface area (Å²) < 4.78 is 69.5. The van der Waals surface area contributed by atoms with E-state index in [9.17, 15) is 31.5 Å². The van der Waals surface area contributed by atoms with Gasteiger partial charge in [0, 0.05) is 12.8 Å². The van der Waals surface area contributed by atoms with Crippen molar-refractivity contribution in [2.24, 2.45) is 0 Å². The predicted molar refractivity (Wildman–Crippen MR) is 70.2 cm³/mol. The van der Waals surface area contributed by atoms with Crippen molar-refractivity contribution in [3.05, 3.63) is 29.1 Å². The molecule has 8 heteroatoms. The maximum Gasteiger partial charge on any atom is 0.311 e. The molecule has 0 amide bonds. The molecule has 0 aliphatic rings. The van der Waals surface area contributed by atoms with Crippen LogP contribution in [0.4, 0.5) is 22.0 Å². The third-order valence-corrected chi connectivity index (χ3v) is 3.05. The molecule has 0 unspecified atom stereocenters. The van der Waals surface area contributed by atoms with Gasteiger partial charge in [0.1, 0.15) is 5.78 Å². The van der Waals surface area contributed by atoms with Crippen molar-refractivity contribution < 1.29 is 36.3 Å². The highest BCUT2D eigenvalue weighted by Crippen LogP contribution is 2.29. The summed E-state index contributed by atoms with van der Waals surface area (Å²) in [6.07, 6.45) is 2.40. The van der Waals surface area contributed by atoms with Crippen LogP contribution in [0.5, 0.6) is 5.75 Å². The fraction of sp³-hybridized carbons (Fsp3) is 0.467. The Morgan fingerprint density at radius 3 is 1.65 bits per heavy atom. The SMILES string of the molecule is CC(=O)CCCCCCC(=O)Oc1c(F)c(F)c(F)c(F)c1F. The lowest BCUT2D eigenvalue weighted by Crippen LogP contribution is -2.13. The summed E-state index contributed by atoms with van der Waals surface area (Å²) in [7, 11) is 0. The zero-order chi connectivity index (χ0) is 17.6. The summed E-state index contributed by atoms with van der Waals surface area (Å²) in [6, 6.07) is 0. The van der Waals surface area contributed by atoms with Gasteiger partial charge in [0.25, 0.3) is 0 Å². The topological polar surface area (TPSA) is 43.4 Å². The first-order valence-corrected chi connectivity index (χ1v) is 6.97. The van der Waals surface area contributed by atoms with Crippen LogP contribution in [-0.4, -0.2) is 11.8 Å². The van der Waals surface area contributed by atoms with Gasteiger partial charge in [0.15, 0.2) is 0 Å². The molecule has 128 valence electrons. The fourth-order valence-corrected chi connectivity index (χ4v) is 1.84. The number of esters is 1. The summed E-state index contributed by atoms with van der Waals surface area (Å²) in [4.78, 5) is 22.1. The lowest BCUT2D eigenvalue weighted by Gasteiger charge is -2.08. The minimum absolute atomic E-state index is 0.0516. The second kappa shape index (κ2) is 8.59. The van der Waals surface area contributed by atoms with Crippen LogP contribution in [0.1, 0.15) is 45.4 Å². The molecule has 0 spiro atoms. The van der Waals surface area contributed by atoms with Gasteiger partial charge < -0.3 is 9.53 Å². The summed E-state index contributed by atoms with van der Waals surface area (Å²) >= 11 is 0. The summed E-state index contributed by atoms with van der Waals surface area (Å²) in [5.74, 6) is -13.7. The number of carbonyl (C=O) groups is 2. The molecule has 23 heavy (non-hydrogen) atoms. The lowest BCUT2D eigenvalue weighted by molar-refractivity contribution is -0.135. The zero-order valence-corrected chi connectivity index (χ0v) is 12.4. The van der Waals surface area contributed by atoms with Crippen LogP contribution in [0.3, 0.4) is 0 Å². The number of ketones is 1. The fourth-order valence-electron chi connectivity index (χ4n) is 1.84. The van der Waals surface area contributed by atoms with Crippen LogP contribution in [0, 0.1) is 29.1 Å². The van der Waals surface area contributed by atoms with Gasteiger partial charge in [-0.1, -0.05) is 12.8 Å². The van der Waals surface area contributed by atoms with E-state index in [0.29, 0.717) is 32.1 Å². The van der Waals surface area contributed by atoms with Crippen molar-refractivity contribution in [1.29, 1.82) is 0 Å². The first-order valence-electron chi connectivity index (χ1n) is 6.97. The number of ether oxygens (including phenoxy) is 1. The van der Waals surface area contributed by atoms with Crippen molar-refractivity contribution in [1.82, 2.24) is 0 Å². The van der Waals surface area contributed by atoms with E-state index in [1.165, 1.54) is 6.92 Å². The number of rotatable bonds is 8. The maximum atomic E-state index is 13.3. The van der Waals surface area contributed by atoms with E-state index in [4.69, 9.17) is 0 Å². The average molecular weight is 338 g/mol. The van der Waals surface area contributed by atoms with Crippen LogP contribution in [0.25, 0.3) is 0 Å². The molecule has 0 radical (unpaired) electrons. The van der Waals surface area contributed by atoms with Gasteiger partial charge in [-0.05, 0) is 19.8 Å². The number of halogens is 5. The van der Waals surface area contributed by atoms with E-state index in [1.807, 2.05) is 0 Å². The standard InChI is InChI=1S/C15H15F5O3/c1-8(21)6-4-2-3-5-7-9(22)23-15-13(19)11(17)10(16)12(18)14(15)20/h2-7H2,1H3. The van der Waals surface area contributed by atoms with Crippen LogP contribution >= 0.6 is 0 Å². The van der Waals surface area contributed by atoms with Crippen LogP contribution in [0.2, 0.25) is 0 Å². The van der Waals surface area contributed by atoms with E-state index >= 15 is 0 Å². The molecular weight excluding hydrogens is 323 g/mol. The molecule has 0 fully saturated rings. The zero-order valence-electron chi connectivity index (χ0n) is 12.4. The van der Waals surface area contributed by atoms with Gasteiger partial charge in [0.2, 0.25) is 34.8 Å². The average Bonchev–Trinajstić information content (AvgIpc) is 2.50. The summed E-state index contributed by atoms with van der Waals surface area (Å²) in [6.45, 7) is 1.46. The van der Waals surface area contributed by atoms with Crippen molar-refractivity contribution in [2.75, 3.05) is 0 Å². The van der Waals surface area contributed by atoms with Crippen molar-refractivity contribution in [2.45, 2.75) is 45.4 Å². The second-order valence-corrected chi connectivity index (χ2v) is 4.99. The molecular formula is C15H15F5O3. The quantitative estimate of drug-likeness (QED) is 0.178. The minimum Gasteiger partial charge on any atom is -0.420 e. The minimum atomic E-state index is -2.31. The highest BCUT2D eigenvalue weighted by atomic mass is 19.2. The summed E-state index contributed by atoms with van der Waals surface area (Å²) in [5.41, 5.74) is 0. The number of hydrogen-bond acceptors (Lipinski definition) is 3. The maximum absolute atomic E-state index is 13.3. The molecule has 1 aromatic carbocycles. The molecule has 0 saturated carbocycles. The highest BCUT2D eigenvalue weighted by molar-refractivity contribution is 5.75. The monoisotopic (exact) mass is 338 g/mol. The Balaban J connectivity index is 2.54. The molecule has 1 aromatic rings. The van der Waals surface area contributed by atoms with Crippen molar-refractivity contribution >= 4 is 11.8 Å². The number of carbonyl (C=O) groups excluding carboxylic acids is 2. The third kappa shape index (κ3) is 5.30. The first-order chi connectivity index (χ1) is 10.8. The van der Waals surface area contributed by atoms with Gasteiger partial charge >= 0.3 is 5.97 Å². The van der Waals surface area contributed by atoms with Crippen LogP contribution in [0.15, 0.2) is 0 Å². The second-order valence-electron chi connectivity index (χ2n) is 4.99. The van der Waals surface area contributed by atoms with E-state index in [-0.39, 0.29) is 12.2 Å². The number of benzene rings is 1. The Kier molecular flexibility index (Phi) is 7.12. The molecule has 0 atom stereocenters. The lowest BCUT2D eigenvalue weighted by atomic mass is 10.1. The largest absolute Gasteiger partial charge is 0.420 e. The van der Waals surface area contributed by atoms with Crippen LogP contribution in [-0.2, 0) is 9.59 Å². The molecule has 0 aromatic heterocycles. The first kappa shape index (κ1) is 19.1. The van der Waals surface area contributed by atoms with E-state index in [1.54, 1.807) is 0 Å². The molecule has 0 aliphatic heterocycles.